The van der Waals surface area contributed by atoms with Crippen LogP contribution in [0.15, 0.2) is 53.1 Å². The number of carbonyl (C=O) groups excluding carboxylic acids is 2. The van der Waals surface area contributed by atoms with E-state index in [2.05, 4.69) is 10.9 Å². The van der Waals surface area contributed by atoms with Crippen LogP contribution in [0.2, 0.25) is 0 Å². The van der Waals surface area contributed by atoms with Gasteiger partial charge in [-0.05, 0) is 31.2 Å². The third-order valence-corrected chi connectivity index (χ3v) is 2.47. The van der Waals surface area contributed by atoms with Crippen molar-refractivity contribution in [3.05, 3.63) is 54.5 Å². The molecule has 0 bridgehead atoms. The Balaban J connectivity index is 1.81. The third kappa shape index (κ3) is 3.61. The molecular formula is C14H14N2O4. The van der Waals surface area contributed by atoms with Gasteiger partial charge in [-0.2, -0.15) is 0 Å². The fraction of sp³-hybridized carbons (Fsp3) is 0.143. The van der Waals surface area contributed by atoms with Crippen molar-refractivity contribution in [3.63, 3.8) is 0 Å². The Morgan fingerprint density at radius 3 is 2.50 bits per heavy atom. The van der Waals surface area contributed by atoms with Crippen molar-refractivity contribution in [2.24, 2.45) is 0 Å². The fourth-order valence-corrected chi connectivity index (χ4v) is 1.45. The summed E-state index contributed by atoms with van der Waals surface area (Å²) < 4.78 is 10.3. The van der Waals surface area contributed by atoms with E-state index in [1.54, 1.807) is 37.3 Å². The van der Waals surface area contributed by atoms with Crippen molar-refractivity contribution < 1.29 is 18.7 Å². The maximum Gasteiger partial charge on any atom is 0.305 e. The second-order valence-corrected chi connectivity index (χ2v) is 3.99. The number of para-hydroxylation sites is 1. The first kappa shape index (κ1) is 13.7. The standard InChI is InChI=1S/C14H14N2O4/c1-10(20-11-6-3-2-4-7-11)13(17)15-16-14(18)12-8-5-9-19-12/h2-10H,1H3,(H,15,17)(H,16,18). The van der Waals surface area contributed by atoms with Crippen LogP contribution in [-0.4, -0.2) is 17.9 Å². The molecule has 6 nitrogen and oxygen atoms in total. The Labute approximate surface area is 115 Å². The normalized spacial score (nSPS) is 11.4. The van der Waals surface area contributed by atoms with Crippen molar-refractivity contribution in [3.8, 4) is 5.75 Å². The molecule has 0 fully saturated rings. The Morgan fingerprint density at radius 2 is 1.85 bits per heavy atom. The number of hydrogen-bond donors (Lipinski definition) is 2. The van der Waals surface area contributed by atoms with Crippen molar-refractivity contribution in [1.29, 1.82) is 0 Å². The minimum atomic E-state index is -0.741. The number of carbonyl (C=O) groups is 2. The molecule has 0 spiro atoms. The second-order valence-electron chi connectivity index (χ2n) is 3.99. The summed E-state index contributed by atoms with van der Waals surface area (Å²) in [5, 5.41) is 0. The molecule has 0 saturated carbocycles. The number of rotatable bonds is 4. The summed E-state index contributed by atoms with van der Waals surface area (Å²) in [5.41, 5.74) is 4.51. The van der Waals surface area contributed by atoms with Crippen LogP contribution in [0.25, 0.3) is 0 Å². The monoisotopic (exact) mass is 274 g/mol. The van der Waals surface area contributed by atoms with Gasteiger partial charge in [0.2, 0.25) is 0 Å². The van der Waals surface area contributed by atoms with Crippen LogP contribution in [-0.2, 0) is 4.79 Å². The molecule has 0 saturated heterocycles. The van der Waals surface area contributed by atoms with E-state index in [0.29, 0.717) is 5.75 Å². The van der Waals surface area contributed by atoms with E-state index in [-0.39, 0.29) is 5.76 Å². The highest BCUT2D eigenvalue weighted by molar-refractivity contribution is 5.93. The zero-order chi connectivity index (χ0) is 14.4. The molecule has 6 heteroatoms. The molecule has 0 aliphatic rings. The van der Waals surface area contributed by atoms with Crippen molar-refractivity contribution in [2.45, 2.75) is 13.0 Å². The molecule has 1 heterocycles. The lowest BCUT2D eigenvalue weighted by molar-refractivity contribution is -0.128. The smallest absolute Gasteiger partial charge is 0.305 e. The molecule has 104 valence electrons. The lowest BCUT2D eigenvalue weighted by Gasteiger charge is -2.14. The molecule has 1 atom stereocenters. The number of furan rings is 1. The molecule has 2 rings (SSSR count). The summed E-state index contributed by atoms with van der Waals surface area (Å²) in [4.78, 5) is 23.3. The van der Waals surface area contributed by atoms with Crippen LogP contribution in [0, 0.1) is 0 Å². The molecule has 2 amide bonds. The van der Waals surface area contributed by atoms with Gasteiger partial charge in [0, 0.05) is 0 Å². The van der Waals surface area contributed by atoms with Crippen LogP contribution in [0.4, 0.5) is 0 Å². The molecule has 1 aromatic heterocycles. The highest BCUT2D eigenvalue weighted by Crippen LogP contribution is 2.10. The van der Waals surface area contributed by atoms with E-state index in [9.17, 15) is 9.59 Å². The van der Waals surface area contributed by atoms with Crippen molar-refractivity contribution in [1.82, 2.24) is 10.9 Å². The summed E-state index contributed by atoms with van der Waals surface area (Å²) >= 11 is 0. The minimum absolute atomic E-state index is 0.113. The van der Waals surface area contributed by atoms with Crippen molar-refractivity contribution >= 4 is 11.8 Å². The van der Waals surface area contributed by atoms with Gasteiger partial charge >= 0.3 is 5.91 Å². The number of hydrogen-bond acceptors (Lipinski definition) is 4. The lowest BCUT2D eigenvalue weighted by atomic mass is 10.3. The Bertz CT molecular complexity index is 566. The fourth-order valence-electron chi connectivity index (χ4n) is 1.45. The van der Waals surface area contributed by atoms with Gasteiger partial charge in [0.25, 0.3) is 5.91 Å². The quantitative estimate of drug-likeness (QED) is 0.828. The van der Waals surface area contributed by atoms with Crippen LogP contribution in [0.5, 0.6) is 5.75 Å². The molecular weight excluding hydrogens is 260 g/mol. The number of benzene rings is 1. The third-order valence-electron chi connectivity index (χ3n) is 2.47. The molecule has 20 heavy (non-hydrogen) atoms. The van der Waals surface area contributed by atoms with Gasteiger partial charge in [0.1, 0.15) is 5.75 Å². The van der Waals surface area contributed by atoms with Crippen LogP contribution >= 0.6 is 0 Å². The van der Waals surface area contributed by atoms with E-state index in [0.717, 1.165) is 0 Å². The first-order valence-corrected chi connectivity index (χ1v) is 6.02. The van der Waals surface area contributed by atoms with E-state index in [4.69, 9.17) is 9.15 Å². The van der Waals surface area contributed by atoms with Crippen LogP contribution < -0.4 is 15.6 Å². The Hall–Kier alpha value is -2.76. The van der Waals surface area contributed by atoms with Gasteiger partial charge in [-0.3, -0.25) is 20.4 Å². The zero-order valence-electron chi connectivity index (χ0n) is 10.8. The van der Waals surface area contributed by atoms with E-state index < -0.39 is 17.9 Å². The van der Waals surface area contributed by atoms with Gasteiger partial charge in [0.05, 0.1) is 6.26 Å². The lowest BCUT2D eigenvalue weighted by Crippen LogP contribution is -2.47. The highest BCUT2D eigenvalue weighted by Gasteiger charge is 2.16. The molecule has 1 unspecified atom stereocenters. The van der Waals surface area contributed by atoms with Crippen LogP contribution in [0.1, 0.15) is 17.5 Å². The zero-order valence-corrected chi connectivity index (χ0v) is 10.8. The van der Waals surface area contributed by atoms with E-state index in [1.165, 1.54) is 12.3 Å². The SMILES string of the molecule is CC(Oc1ccccc1)C(=O)NNC(=O)c1ccco1. The number of nitrogens with one attached hydrogen (secondary N) is 2. The molecule has 0 aliphatic heterocycles. The van der Waals surface area contributed by atoms with E-state index in [1.807, 2.05) is 6.07 Å². The Kier molecular flexibility index (Phi) is 4.39. The predicted molar refractivity (Wildman–Crippen MR) is 70.8 cm³/mol. The average Bonchev–Trinajstić information content (AvgIpc) is 2.99. The van der Waals surface area contributed by atoms with Crippen molar-refractivity contribution in [2.75, 3.05) is 0 Å². The number of hydrazine groups is 1. The summed E-state index contributed by atoms with van der Waals surface area (Å²) in [5.74, 6) is -0.307. The van der Waals surface area contributed by atoms with Gasteiger partial charge in [-0.1, -0.05) is 18.2 Å². The highest BCUT2D eigenvalue weighted by atomic mass is 16.5. The molecule has 0 aliphatic carbocycles. The summed E-state index contributed by atoms with van der Waals surface area (Å²) in [6, 6.07) is 12.0. The van der Waals surface area contributed by atoms with Gasteiger partial charge in [-0.15, -0.1) is 0 Å². The predicted octanol–water partition coefficient (Wildman–Crippen LogP) is 1.51. The van der Waals surface area contributed by atoms with Gasteiger partial charge in [0.15, 0.2) is 11.9 Å². The maximum absolute atomic E-state index is 11.7. The number of ether oxygens (including phenoxy) is 1. The summed E-state index contributed by atoms with van der Waals surface area (Å²) in [7, 11) is 0. The molecule has 1 aromatic carbocycles. The topological polar surface area (TPSA) is 80.6 Å². The first-order valence-electron chi connectivity index (χ1n) is 6.02. The molecule has 2 aromatic rings. The maximum atomic E-state index is 11.7. The van der Waals surface area contributed by atoms with Crippen LogP contribution in [0.3, 0.4) is 0 Å². The van der Waals surface area contributed by atoms with E-state index >= 15 is 0 Å². The number of amides is 2. The summed E-state index contributed by atoms with van der Waals surface area (Å²) in [6.07, 6.45) is 0.632. The minimum Gasteiger partial charge on any atom is -0.481 e. The largest absolute Gasteiger partial charge is 0.481 e. The summed E-state index contributed by atoms with van der Waals surface area (Å²) in [6.45, 7) is 1.58. The second kappa shape index (κ2) is 6.42. The average molecular weight is 274 g/mol. The molecule has 0 radical (unpaired) electrons. The molecule has 2 N–H and O–H groups in total. The first-order chi connectivity index (χ1) is 9.66. The van der Waals surface area contributed by atoms with Gasteiger partial charge < -0.3 is 9.15 Å². The Morgan fingerprint density at radius 1 is 1.10 bits per heavy atom. The van der Waals surface area contributed by atoms with Gasteiger partial charge in [-0.25, -0.2) is 0 Å².